The Kier molecular flexibility index (Phi) is 3.50. The number of nitrogens with zero attached hydrogens (tertiary/aromatic N) is 2. The number of aromatic nitrogens is 3. The number of nitrogens with one attached hydrogen (secondary N) is 2. The second-order valence-electron chi connectivity index (χ2n) is 6.98. The molecule has 1 fully saturated rings. The summed E-state index contributed by atoms with van der Waals surface area (Å²) >= 11 is 0. The molecule has 0 spiro atoms. The number of hydrogen-bond donors (Lipinski definition) is 2. The second-order valence-corrected chi connectivity index (χ2v) is 6.98. The summed E-state index contributed by atoms with van der Waals surface area (Å²) in [4.78, 5) is 24.8. The number of rotatable bonds is 4. The highest BCUT2D eigenvalue weighted by molar-refractivity contribution is 5.83. The van der Waals surface area contributed by atoms with E-state index in [1.54, 1.807) is 13.0 Å². The van der Waals surface area contributed by atoms with E-state index in [1.807, 2.05) is 24.3 Å². The van der Waals surface area contributed by atoms with Gasteiger partial charge in [-0.1, -0.05) is 12.1 Å². The van der Waals surface area contributed by atoms with Crippen molar-refractivity contribution >= 4 is 28.0 Å². The molecule has 7 heteroatoms. The molecule has 1 amide bonds. The summed E-state index contributed by atoms with van der Waals surface area (Å²) in [6.07, 6.45) is 0.761. The lowest BCUT2D eigenvalue weighted by atomic mass is 10.2. The third-order valence-electron chi connectivity index (χ3n) is 4.98. The van der Waals surface area contributed by atoms with Crippen molar-refractivity contribution in [3.05, 3.63) is 60.0 Å². The molecule has 2 N–H and O–H groups in total. The first-order chi connectivity index (χ1) is 13.1. The van der Waals surface area contributed by atoms with Gasteiger partial charge in [0.2, 0.25) is 11.8 Å². The zero-order valence-electron chi connectivity index (χ0n) is 14.6. The summed E-state index contributed by atoms with van der Waals surface area (Å²) in [5.74, 6) is 0.762. The molecule has 27 heavy (non-hydrogen) atoms. The van der Waals surface area contributed by atoms with Crippen LogP contribution in [-0.2, 0) is 4.79 Å². The van der Waals surface area contributed by atoms with Crippen LogP contribution < -0.4 is 5.32 Å². The minimum Gasteiger partial charge on any atom is -0.438 e. The Morgan fingerprint density at radius 3 is 2.96 bits per heavy atom. The van der Waals surface area contributed by atoms with Gasteiger partial charge in [-0.05, 0) is 37.6 Å². The van der Waals surface area contributed by atoms with Crippen molar-refractivity contribution in [3.8, 4) is 0 Å². The summed E-state index contributed by atoms with van der Waals surface area (Å²) in [6, 6.07) is 11.6. The maximum atomic E-state index is 13.3. The highest BCUT2D eigenvalue weighted by Crippen LogP contribution is 2.47. The second kappa shape index (κ2) is 5.90. The van der Waals surface area contributed by atoms with Crippen LogP contribution in [0.2, 0.25) is 0 Å². The summed E-state index contributed by atoms with van der Waals surface area (Å²) in [5, 5.41) is 2.94. The predicted molar refractivity (Wildman–Crippen MR) is 97.5 cm³/mol. The Bertz CT molecular complexity index is 1130. The van der Waals surface area contributed by atoms with Crippen molar-refractivity contribution in [3.63, 3.8) is 0 Å². The van der Waals surface area contributed by atoms with E-state index in [0.717, 1.165) is 23.3 Å². The van der Waals surface area contributed by atoms with E-state index >= 15 is 0 Å². The van der Waals surface area contributed by atoms with Crippen LogP contribution in [-0.4, -0.2) is 20.9 Å². The Morgan fingerprint density at radius 1 is 1.26 bits per heavy atom. The zero-order chi connectivity index (χ0) is 18.5. The largest absolute Gasteiger partial charge is 0.438 e. The van der Waals surface area contributed by atoms with Crippen LogP contribution in [0.15, 0.2) is 46.9 Å². The smallest absolute Gasteiger partial charge is 0.224 e. The first-order valence-corrected chi connectivity index (χ1v) is 8.89. The topological polar surface area (TPSA) is 83.8 Å². The fourth-order valence-electron chi connectivity index (χ4n) is 3.42. The number of oxazole rings is 1. The molecule has 4 aromatic rings. The summed E-state index contributed by atoms with van der Waals surface area (Å²) in [6.45, 7) is 1.80. The molecule has 3 atom stereocenters. The third kappa shape index (κ3) is 2.85. The molecule has 0 radical (unpaired) electrons. The molecule has 2 aromatic heterocycles. The van der Waals surface area contributed by atoms with Crippen LogP contribution >= 0.6 is 0 Å². The number of hydrogen-bond acceptors (Lipinski definition) is 4. The van der Waals surface area contributed by atoms with Gasteiger partial charge in [-0.25, -0.2) is 14.4 Å². The van der Waals surface area contributed by atoms with E-state index in [-0.39, 0.29) is 23.6 Å². The highest BCUT2D eigenvalue weighted by atomic mass is 19.1. The van der Waals surface area contributed by atoms with Gasteiger partial charge in [0, 0.05) is 17.9 Å². The molecule has 1 saturated carbocycles. The molecule has 5 rings (SSSR count). The van der Waals surface area contributed by atoms with E-state index < -0.39 is 6.04 Å². The molecular formula is C20H17FN4O2. The van der Waals surface area contributed by atoms with Crippen molar-refractivity contribution in [2.75, 3.05) is 0 Å². The Balaban J connectivity index is 1.28. The van der Waals surface area contributed by atoms with Gasteiger partial charge in [0.25, 0.3) is 0 Å². The van der Waals surface area contributed by atoms with Crippen LogP contribution in [0.3, 0.4) is 0 Å². The minimum absolute atomic E-state index is 0.0543. The Morgan fingerprint density at radius 2 is 2.11 bits per heavy atom. The zero-order valence-corrected chi connectivity index (χ0v) is 14.6. The molecule has 1 aliphatic carbocycles. The number of carbonyl (C=O) groups excluding carboxylic acids is 1. The van der Waals surface area contributed by atoms with Crippen LogP contribution in [0.1, 0.15) is 37.0 Å². The predicted octanol–water partition coefficient (Wildman–Crippen LogP) is 3.82. The van der Waals surface area contributed by atoms with Crippen molar-refractivity contribution in [2.45, 2.75) is 25.3 Å². The van der Waals surface area contributed by atoms with Crippen molar-refractivity contribution in [1.82, 2.24) is 20.3 Å². The van der Waals surface area contributed by atoms with E-state index in [2.05, 4.69) is 20.3 Å². The average Bonchev–Trinajstić information content (AvgIpc) is 3.16. The lowest BCUT2D eigenvalue weighted by Gasteiger charge is -2.09. The third-order valence-corrected chi connectivity index (χ3v) is 4.98. The number of imidazole rings is 1. The number of aromatic amines is 1. The quantitative estimate of drug-likeness (QED) is 0.576. The van der Waals surface area contributed by atoms with E-state index in [9.17, 15) is 9.18 Å². The molecular weight excluding hydrogens is 347 g/mol. The van der Waals surface area contributed by atoms with Gasteiger partial charge < -0.3 is 14.7 Å². The monoisotopic (exact) mass is 364 g/mol. The van der Waals surface area contributed by atoms with Gasteiger partial charge in [-0.2, -0.15) is 0 Å². The van der Waals surface area contributed by atoms with E-state index in [4.69, 9.17) is 4.42 Å². The van der Waals surface area contributed by atoms with Crippen molar-refractivity contribution < 1.29 is 13.6 Å². The van der Waals surface area contributed by atoms with Crippen LogP contribution in [0.5, 0.6) is 0 Å². The lowest BCUT2D eigenvalue weighted by molar-refractivity contribution is -0.123. The number of amides is 1. The number of carbonyl (C=O) groups is 1. The molecule has 0 saturated heterocycles. The van der Waals surface area contributed by atoms with Crippen LogP contribution in [0, 0.1) is 11.7 Å². The summed E-state index contributed by atoms with van der Waals surface area (Å²) in [7, 11) is 0. The van der Waals surface area contributed by atoms with Crippen LogP contribution in [0.4, 0.5) is 4.39 Å². The number of para-hydroxylation sites is 2. The summed E-state index contributed by atoms with van der Waals surface area (Å²) < 4.78 is 18.9. The van der Waals surface area contributed by atoms with Crippen LogP contribution in [0.25, 0.3) is 22.1 Å². The van der Waals surface area contributed by atoms with E-state index in [0.29, 0.717) is 17.0 Å². The first-order valence-electron chi connectivity index (χ1n) is 8.89. The number of halogens is 1. The van der Waals surface area contributed by atoms with Crippen molar-refractivity contribution in [1.29, 1.82) is 0 Å². The number of H-pyrrole nitrogens is 1. The van der Waals surface area contributed by atoms with Gasteiger partial charge in [-0.15, -0.1) is 0 Å². The SMILES string of the molecule is CC(NC(=O)[C@H]1C[C@@H]1c1nc2ccccc2[nH]1)c1nc2ccc(F)cc2o1. The average molecular weight is 364 g/mol. The molecule has 136 valence electrons. The maximum Gasteiger partial charge on any atom is 0.224 e. The minimum atomic E-state index is -0.398. The highest BCUT2D eigenvalue weighted by Gasteiger charge is 2.46. The standard InChI is InChI=1S/C20H17FN4O2/c1-10(20-25-16-7-6-11(21)8-17(16)27-20)22-19(26)13-9-12(13)18-23-14-4-2-3-5-15(14)24-18/h2-8,10,12-13H,9H2,1H3,(H,22,26)(H,23,24)/t10?,12-,13-/m0/s1. The van der Waals surface area contributed by atoms with Gasteiger partial charge in [0.1, 0.15) is 23.2 Å². The Labute approximate surface area is 153 Å². The summed E-state index contributed by atoms with van der Waals surface area (Å²) in [5.41, 5.74) is 2.83. The molecule has 0 bridgehead atoms. The van der Waals surface area contributed by atoms with Gasteiger partial charge in [0.05, 0.1) is 11.0 Å². The molecule has 1 aliphatic rings. The molecule has 2 heterocycles. The molecule has 0 aliphatic heterocycles. The lowest BCUT2D eigenvalue weighted by Crippen LogP contribution is -2.28. The maximum absolute atomic E-state index is 13.3. The van der Waals surface area contributed by atoms with Gasteiger partial charge in [-0.3, -0.25) is 4.79 Å². The van der Waals surface area contributed by atoms with Gasteiger partial charge in [0.15, 0.2) is 5.58 Å². The molecule has 1 unspecified atom stereocenters. The normalized spacial score (nSPS) is 20.1. The molecule has 6 nitrogen and oxygen atoms in total. The molecule has 2 aromatic carbocycles. The first kappa shape index (κ1) is 16.0. The fourth-order valence-corrected chi connectivity index (χ4v) is 3.42. The van der Waals surface area contributed by atoms with Gasteiger partial charge >= 0.3 is 0 Å². The number of benzene rings is 2. The van der Waals surface area contributed by atoms with E-state index in [1.165, 1.54) is 12.1 Å². The Hall–Kier alpha value is -3.22. The number of fused-ring (bicyclic) bond motifs is 2. The fraction of sp³-hybridized carbons (Fsp3) is 0.250. The van der Waals surface area contributed by atoms with Crippen molar-refractivity contribution in [2.24, 2.45) is 5.92 Å².